The normalized spacial score (nSPS) is 16.9. The first-order chi connectivity index (χ1) is 13.3. The summed E-state index contributed by atoms with van der Waals surface area (Å²) in [5.74, 6) is -1.10. The highest BCUT2D eigenvalue weighted by Gasteiger charge is 2.34. The lowest BCUT2D eigenvalue weighted by Gasteiger charge is -2.17. The van der Waals surface area contributed by atoms with Gasteiger partial charge in [0.15, 0.2) is 0 Å². The molecule has 1 unspecified atom stereocenters. The van der Waals surface area contributed by atoms with Crippen molar-refractivity contribution in [1.82, 2.24) is 10.2 Å². The van der Waals surface area contributed by atoms with Gasteiger partial charge < -0.3 is 15.0 Å². The van der Waals surface area contributed by atoms with Crippen LogP contribution in [0.25, 0.3) is 0 Å². The van der Waals surface area contributed by atoms with Crippen LogP contribution in [-0.2, 0) is 22.7 Å². The number of hydrogen-bond donors (Lipinski definition) is 1. The molecule has 5 nitrogen and oxygen atoms in total. The van der Waals surface area contributed by atoms with Crippen LogP contribution in [-0.4, -0.2) is 29.6 Å². The Hall–Kier alpha value is -3.03. The zero-order valence-corrected chi connectivity index (χ0v) is 14.9. The summed E-state index contributed by atoms with van der Waals surface area (Å²) >= 11 is 0. The lowest BCUT2D eigenvalue weighted by Crippen LogP contribution is -2.32. The minimum atomic E-state index is -4.74. The van der Waals surface area contributed by atoms with E-state index in [2.05, 4.69) is 10.1 Å². The van der Waals surface area contributed by atoms with Crippen molar-refractivity contribution in [1.29, 1.82) is 0 Å². The largest absolute Gasteiger partial charge is 0.573 e. The van der Waals surface area contributed by atoms with Gasteiger partial charge in [-0.05, 0) is 23.3 Å². The Kier molecular flexibility index (Phi) is 5.87. The lowest BCUT2D eigenvalue weighted by atomic mass is 10.1. The summed E-state index contributed by atoms with van der Waals surface area (Å²) in [6, 6.07) is 14.8. The van der Waals surface area contributed by atoms with Crippen LogP contribution in [0.3, 0.4) is 0 Å². The van der Waals surface area contributed by atoms with Gasteiger partial charge in [-0.1, -0.05) is 42.5 Å². The van der Waals surface area contributed by atoms with E-state index in [0.717, 1.165) is 5.56 Å². The summed E-state index contributed by atoms with van der Waals surface area (Å²) in [4.78, 5) is 26.1. The van der Waals surface area contributed by atoms with Crippen molar-refractivity contribution in [3.05, 3.63) is 65.7 Å². The van der Waals surface area contributed by atoms with Gasteiger partial charge in [-0.3, -0.25) is 9.59 Å². The Balaban J connectivity index is 1.52. The molecule has 1 aliphatic rings. The molecule has 1 atom stereocenters. The third-order valence-electron chi connectivity index (χ3n) is 4.43. The molecule has 0 spiro atoms. The monoisotopic (exact) mass is 392 g/mol. The predicted octanol–water partition coefficient (Wildman–Crippen LogP) is 3.25. The summed E-state index contributed by atoms with van der Waals surface area (Å²) < 4.78 is 40.4. The van der Waals surface area contributed by atoms with Crippen LogP contribution in [0.2, 0.25) is 0 Å². The van der Waals surface area contributed by atoms with E-state index in [9.17, 15) is 22.8 Å². The van der Waals surface area contributed by atoms with Crippen LogP contribution >= 0.6 is 0 Å². The summed E-state index contributed by atoms with van der Waals surface area (Å²) in [7, 11) is 0. The third kappa shape index (κ3) is 5.48. The summed E-state index contributed by atoms with van der Waals surface area (Å²) in [6.07, 6.45) is -4.62. The van der Waals surface area contributed by atoms with Gasteiger partial charge in [0.25, 0.3) is 0 Å². The maximum Gasteiger partial charge on any atom is 0.573 e. The second-order valence-corrected chi connectivity index (χ2v) is 6.57. The number of benzene rings is 2. The maximum atomic E-state index is 12.3. The molecule has 0 aromatic heterocycles. The Morgan fingerprint density at radius 2 is 1.75 bits per heavy atom. The molecule has 1 fully saturated rings. The van der Waals surface area contributed by atoms with Gasteiger partial charge >= 0.3 is 6.36 Å². The first-order valence-corrected chi connectivity index (χ1v) is 8.74. The number of rotatable bonds is 6. The van der Waals surface area contributed by atoms with E-state index < -0.39 is 12.3 Å². The van der Waals surface area contributed by atoms with Crippen LogP contribution < -0.4 is 10.1 Å². The van der Waals surface area contributed by atoms with Crippen molar-refractivity contribution in [2.45, 2.75) is 25.9 Å². The van der Waals surface area contributed by atoms with Gasteiger partial charge in [0, 0.05) is 26.1 Å². The Labute approximate surface area is 160 Å². The Morgan fingerprint density at radius 1 is 1.07 bits per heavy atom. The lowest BCUT2D eigenvalue weighted by molar-refractivity contribution is -0.274. The number of carbonyl (C=O) groups excluding carboxylic acids is 2. The van der Waals surface area contributed by atoms with Crippen molar-refractivity contribution >= 4 is 11.8 Å². The molecule has 0 aliphatic carbocycles. The number of ether oxygens (including phenoxy) is 1. The van der Waals surface area contributed by atoms with Crippen LogP contribution in [0.15, 0.2) is 54.6 Å². The third-order valence-corrected chi connectivity index (χ3v) is 4.43. The van der Waals surface area contributed by atoms with Crippen molar-refractivity contribution < 1.29 is 27.5 Å². The van der Waals surface area contributed by atoms with E-state index in [0.29, 0.717) is 12.1 Å². The molecular formula is C20H19F3N2O3. The van der Waals surface area contributed by atoms with Gasteiger partial charge in [0.1, 0.15) is 5.75 Å². The highest BCUT2D eigenvalue weighted by Crippen LogP contribution is 2.25. The number of likely N-dealkylation sites (tertiary alicyclic amines) is 1. The van der Waals surface area contributed by atoms with E-state index in [4.69, 9.17) is 0 Å². The number of nitrogens with one attached hydrogen (secondary N) is 1. The molecule has 8 heteroatoms. The fraction of sp³-hybridized carbons (Fsp3) is 0.300. The van der Waals surface area contributed by atoms with E-state index >= 15 is 0 Å². The number of carbonyl (C=O) groups is 2. The molecule has 28 heavy (non-hydrogen) atoms. The molecule has 148 valence electrons. The average Bonchev–Trinajstić information content (AvgIpc) is 3.02. The predicted molar refractivity (Wildman–Crippen MR) is 94.9 cm³/mol. The SMILES string of the molecule is O=C(NCc1ccccc1)C1CC(=O)N(Cc2ccc(OC(F)(F)F)cc2)C1. The van der Waals surface area contributed by atoms with Crippen LogP contribution in [0, 0.1) is 5.92 Å². The Morgan fingerprint density at radius 3 is 2.39 bits per heavy atom. The van der Waals surface area contributed by atoms with E-state index in [1.54, 1.807) is 0 Å². The molecule has 1 heterocycles. The summed E-state index contributed by atoms with van der Waals surface area (Å²) in [5, 5.41) is 2.83. The minimum Gasteiger partial charge on any atom is -0.406 e. The molecule has 0 radical (unpaired) electrons. The molecule has 1 N–H and O–H groups in total. The molecule has 2 aromatic carbocycles. The minimum absolute atomic E-state index is 0.121. The van der Waals surface area contributed by atoms with Crippen molar-refractivity contribution in [3.63, 3.8) is 0 Å². The van der Waals surface area contributed by atoms with Crippen LogP contribution in [0.5, 0.6) is 5.75 Å². The molecule has 2 aromatic rings. The zero-order valence-electron chi connectivity index (χ0n) is 14.9. The quantitative estimate of drug-likeness (QED) is 0.821. The second-order valence-electron chi connectivity index (χ2n) is 6.57. The number of alkyl halides is 3. The fourth-order valence-corrected chi connectivity index (χ4v) is 3.05. The highest BCUT2D eigenvalue weighted by molar-refractivity contribution is 5.89. The average molecular weight is 392 g/mol. The van der Waals surface area contributed by atoms with Gasteiger partial charge in [-0.15, -0.1) is 13.2 Å². The standard InChI is InChI=1S/C20H19F3N2O3/c21-20(22,23)28-17-8-6-15(7-9-17)12-25-13-16(10-18(25)26)19(27)24-11-14-4-2-1-3-5-14/h1-9,16H,10-13H2,(H,24,27). The number of halogens is 3. The molecule has 1 saturated heterocycles. The Bertz CT molecular complexity index is 823. The molecule has 2 amide bonds. The van der Waals surface area contributed by atoms with Crippen LogP contribution in [0.1, 0.15) is 17.5 Å². The van der Waals surface area contributed by atoms with E-state index in [-0.39, 0.29) is 37.1 Å². The fourth-order valence-electron chi connectivity index (χ4n) is 3.05. The van der Waals surface area contributed by atoms with Crippen LogP contribution in [0.4, 0.5) is 13.2 Å². The van der Waals surface area contributed by atoms with E-state index in [1.165, 1.54) is 29.2 Å². The van der Waals surface area contributed by atoms with Crippen molar-refractivity contribution in [3.8, 4) is 5.75 Å². The topological polar surface area (TPSA) is 58.6 Å². The molecule has 3 rings (SSSR count). The maximum absolute atomic E-state index is 12.3. The van der Waals surface area contributed by atoms with Gasteiger partial charge in [-0.25, -0.2) is 0 Å². The second kappa shape index (κ2) is 8.33. The molecular weight excluding hydrogens is 373 g/mol. The van der Waals surface area contributed by atoms with Gasteiger partial charge in [-0.2, -0.15) is 0 Å². The van der Waals surface area contributed by atoms with Gasteiger partial charge in [0.05, 0.1) is 5.92 Å². The number of hydrogen-bond acceptors (Lipinski definition) is 3. The zero-order chi connectivity index (χ0) is 20.1. The molecule has 0 saturated carbocycles. The molecule has 0 bridgehead atoms. The smallest absolute Gasteiger partial charge is 0.406 e. The number of nitrogens with zero attached hydrogens (tertiary/aromatic N) is 1. The first kappa shape index (κ1) is 19.7. The molecule has 1 aliphatic heterocycles. The summed E-state index contributed by atoms with van der Waals surface area (Å²) in [6.45, 7) is 0.902. The van der Waals surface area contributed by atoms with Gasteiger partial charge in [0.2, 0.25) is 11.8 Å². The van der Waals surface area contributed by atoms with E-state index in [1.807, 2.05) is 30.3 Å². The van der Waals surface area contributed by atoms with Crippen molar-refractivity contribution in [2.75, 3.05) is 6.54 Å². The number of amides is 2. The highest BCUT2D eigenvalue weighted by atomic mass is 19.4. The summed E-state index contributed by atoms with van der Waals surface area (Å²) in [5.41, 5.74) is 1.63. The van der Waals surface area contributed by atoms with Crippen molar-refractivity contribution in [2.24, 2.45) is 5.92 Å². The first-order valence-electron chi connectivity index (χ1n) is 8.74.